The second-order valence-electron chi connectivity index (χ2n) is 3.87. The van der Waals surface area contributed by atoms with Gasteiger partial charge in [-0.25, -0.2) is 0 Å². The third-order valence-electron chi connectivity index (χ3n) is 2.46. The van der Waals surface area contributed by atoms with Crippen LogP contribution in [-0.4, -0.2) is 11.1 Å². The lowest BCUT2D eigenvalue weighted by atomic mass is 10.1. The molecule has 1 N–H and O–H groups in total. The Kier molecular flexibility index (Phi) is 3.99. The first-order chi connectivity index (χ1) is 8.70. The van der Waals surface area contributed by atoms with Crippen molar-refractivity contribution in [2.24, 2.45) is 0 Å². The zero-order valence-electron chi connectivity index (χ0n) is 9.94. The highest BCUT2D eigenvalue weighted by molar-refractivity contribution is 6.30. The predicted octanol–water partition coefficient (Wildman–Crippen LogP) is 3.73. The molecule has 18 heavy (non-hydrogen) atoms. The maximum atomic E-state index is 11.5. The van der Waals surface area contributed by atoms with Crippen LogP contribution in [0.15, 0.2) is 35.0 Å². The molecule has 0 aliphatic heterocycles. The molecule has 2 rings (SSSR count). The lowest BCUT2D eigenvalue weighted by Gasteiger charge is -2.03. The van der Waals surface area contributed by atoms with Gasteiger partial charge in [0, 0.05) is 11.4 Å². The smallest absolute Gasteiger partial charge is 0.239 e. The topological polar surface area (TPSA) is 55.1 Å². The van der Waals surface area contributed by atoms with E-state index in [-0.39, 0.29) is 5.91 Å². The summed E-state index contributed by atoms with van der Waals surface area (Å²) in [7, 11) is 0. The number of carbonyl (C=O) groups excluding carboxylic acids is 1. The molecule has 0 radical (unpaired) electrons. The Labute approximate surface area is 110 Å². The van der Waals surface area contributed by atoms with E-state index < -0.39 is 0 Å². The van der Waals surface area contributed by atoms with Crippen molar-refractivity contribution in [2.75, 3.05) is 5.32 Å². The van der Waals surface area contributed by atoms with E-state index in [0.29, 0.717) is 17.3 Å². The number of anilines is 1. The molecule has 0 bridgehead atoms. The molecule has 0 aliphatic rings. The monoisotopic (exact) mass is 264 g/mol. The summed E-state index contributed by atoms with van der Waals surface area (Å²) in [5.41, 5.74) is 1.64. The van der Waals surface area contributed by atoms with Crippen LogP contribution >= 0.6 is 11.6 Å². The van der Waals surface area contributed by atoms with Gasteiger partial charge in [-0.15, -0.1) is 0 Å². The average Bonchev–Trinajstić information content (AvgIpc) is 2.78. The first-order valence-corrected chi connectivity index (χ1v) is 6.09. The molecular formula is C13H13ClN2O2. The molecule has 2 aromatic rings. The van der Waals surface area contributed by atoms with E-state index in [1.165, 1.54) is 0 Å². The van der Waals surface area contributed by atoms with Gasteiger partial charge < -0.3 is 4.52 Å². The molecule has 0 unspecified atom stereocenters. The zero-order chi connectivity index (χ0) is 13.0. The first-order valence-electron chi connectivity index (χ1n) is 5.71. The summed E-state index contributed by atoms with van der Waals surface area (Å²) in [4.78, 5) is 11.5. The van der Waals surface area contributed by atoms with Gasteiger partial charge in [-0.3, -0.25) is 10.1 Å². The van der Waals surface area contributed by atoms with E-state index >= 15 is 0 Å². The highest BCUT2D eigenvalue weighted by Crippen LogP contribution is 2.28. The summed E-state index contributed by atoms with van der Waals surface area (Å²) in [6.45, 7) is 1.94. The summed E-state index contributed by atoms with van der Waals surface area (Å²) in [5, 5.41) is 7.07. The molecule has 1 aromatic carbocycles. The van der Waals surface area contributed by atoms with Gasteiger partial charge in [0.25, 0.3) is 0 Å². The van der Waals surface area contributed by atoms with E-state index in [2.05, 4.69) is 10.5 Å². The molecule has 94 valence electrons. The summed E-state index contributed by atoms with van der Waals surface area (Å²) >= 11 is 5.83. The number of carbonyl (C=O) groups is 1. The minimum Gasteiger partial charge on any atom is -0.338 e. The lowest BCUT2D eigenvalue weighted by molar-refractivity contribution is -0.116. The molecule has 0 atom stereocenters. The number of benzene rings is 1. The number of hydrogen-bond acceptors (Lipinski definition) is 3. The van der Waals surface area contributed by atoms with Crippen LogP contribution < -0.4 is 5.32 Å². The fraction of sp³-hybridized carbons (Fsp3) is 0.231. The van der Waals surface area contributed by atoms with Crippen LogP contribution in [-0.2, 0) is 4.79 Å². The SMILES string of the molecule is CCCC(=O)Nc1oncc1-c1ccc(Cl)cc1. The molecule has 0 saturated heterocycles. The van der Waals surface area contributed by atoms with Crippen LogP contribution in [0.3, 0.4) is 0 Å². The number of amides is 1. The van der Waals surface area contributed by atoms with Crippen molar-refractivity contribution in [3.8, 4) is 11.1 Å². The molecule has 0 fully saturated rings. The van der Waals surface area contributed by atoms with Crippen LogP contribution in [0.25, 0.3) is 11.1 Å². The summed E-state index contributed by atoms with van der Waals surface area (Å²) in [6, 6.07) is 7.26. The van der Waals surface area contributed by atoms with Crippen LogP contribution in [0.5, 0.6) is 0 Å². The Hall–Kier alpha value is -1.81. The maximum Gasteiger partial charge on any atom is 0.239 e. The van der Waals surface area contributed by atoms with Crippen LogP contribution in [0.2, 0.25) is 5.02 Å². The van der Waals surface area contributed by atoms with Gasteiger partial charge in [0.2, 0.25) is 11.8 Å². The molecule has 0 aliphatic carbocycles. The van der Waals surface area contributed by atoms with Crippen molar-refractivity contribution >= 4 is 23.4 Å². The van der Waals surface area contributed by atoms with Crippen molar-refractivity contribution in [1.29, 1.82) is 0 Å². The number of halogens is 1. The van der Waals surface area contributed by atoms with E-state index in [1.54, 1.807) is 18.3 Å². The number of nitrogens with zero attached hydrogens (tertiary/aromatic N) is 1. The standard InChI is InChI=1S/C13H13ClN2O2/c1-2-3-12(17)16-13-11(8-15-18-13)9-4-6-10(14)7-5-9/h4-8H,2-3H2,1H3,(H,16,17). The molecule has 5 heteroatoms. The van der Waals surface area contributed by atoms with Crippen molar-refractivity contribution in [3.05, 3.63) is 35.5 Å². The number of aromatic nitrogens is 1. The van der Waals surface area contributed by atoms with E-state index in [9.17, 15) is 4.79 Å². The van der Waals surface area contributed by atoms with Crippen LogP contribution in [0, 0.1) is 0 Å². The first kappa shape index (κ1) is 12.6. The van der Waals surface area contributed by atoms with Gasteiger partial charge in [0.15, 0.2) is 0 Å². The molecule has 0 spiro atoms. The number of hydrogen-bond donors (Lipinski definition) is 1. The molecule has 1 aromatic heterocycles. The fourth-order valence-electron chi connectivity index (χ4n) is 1.58. The lowest BCUT2D eigenvalue weighted by Crippen LogP contribution is -2.10. The zero-order valence-corrected chi connectivity index (χ0v) is 10.7. The highest BCUT2D eigenvalue weighted by atomic mass is 35.5. The molecule has 1 amide bonds. The van der Waals surface area contributed by atoms with Gasteiger partial charge in [-0.1, -0.05) is 35.8 Å². The Balaban J connectivity index is 2.22. The molecule has 0 saturated carbocycles. The third kappa shape index (κ3) is 2.90. The quantitative estimate of drug-likeness (QED) is 0.915. The Morgan fingerprint density at radius 2 is 2.11 bits per heavy atom. The highest BCUT2D eigenvalue weighted by Gasteiger charge is 2.12. The Morgan fingerprint density at radius 1 is 1.39 bits per heavy atom. The van der Waals surface area contributed by atoms with Crippen molar-refractivity contribution in [3.63, 3.8) is 0 Å². The number of nitrogens with one attached hydrogen (secondary N) is 1. The Bertz CT molecular complexity index is 534. The minimum atomic E-state index is -0.0792. The van der Waals surface area contributed by atoms with Gasteiger partial charge >= 0.3 is 0 Å². The van der Waals surface area contributed by atoms with Gasteiger partial charge in [-0.05, 0) is 24.1 Å². The van der Waals surface area contributed by atoms with Crippen LogP contribution in [0.4, 0.5) is 5.88 Å². The maximum absolute atomic E-state index is 11.5. The largest absolute Gasteiger partial charge is 0.338 e. The second-order valence-corrected chi connectivity index (χ2v) is 4.31. The Morgan fingerprint density at radius 3 is 2.78 bits per heavy atom. The normalized spacial score (nSPS) is 10.3. The molecular weight excluding hydrogens is 252 g/mol. The third-order valence-corrected chi connectivity index (χ3v) is 2.71. The van der Waals surface area contributed by atoms with E-state index in [4.69, 9.17) is 16.1 Å². The van der Waals surface area contributed by atoms with Gasteiger partial charge in [0.1, 0.15) is 0 Å². The van der Waals surface area contributed by atoms with Crippen LogP contribution in [0.1, 0.15) is 19.8 Å². The summed E-state index contributed by atoms with van der Waals surface area (Å²) < 4.78 is 5.05. The number of rotatable bonds is 4. The summed E-state index contributed by atoms with van der Waals surface area (Å²) in [6.07, 6.45) is 2.82. The van der Waals surface area contributed by atoms with Crippen molar-refractivity contribution < 1.29 is 9.32 Å². The van der Waals surface area contributed by atoms with Gasteiger partial charge in [0.05, 0.1) is 11.8 Å². The average molecular weight is 265 g/mol. The molecule has 1 heterocycles. The minimum absolute atomic E-state index is 0.0792. The van der Waals surface area contributed by atoms with E-state index in [0.717, 1.165) is 17.5 Å². The van der Waals surface area contributed by atoms with Crippen molar-refractivity contribution in [1.82, 2.24) is 5.16 Å². The van der Waals surface area contributed by atoms with E-state index in [1.807, 2.05) is 19.1 Å². The predicted molar refractivity (Wildman–Crippen MR) is 70.5 cm³/mol. The molecule has 4 nitrogen and oxygen atoms in total. The second kappa shape index (κ2) is 5.69. The van der Waals surface area contributed by atoms with Crippen molar-refractivity contribution in [2.45, 2.75) is 19.8 Å². The van der Waals surface area contributed by atoms with Gasteiger partial charge in [-0.2, -0.15) is 0 Å². The fourth-order valence-corrected chi connectivity index (χ4v) is 1.71. The summed E-state index contributed by atoms with van der Waals surface area (Å²) in [5.74, 6) is 0.292.